The van der Waals surface area contributed by atoms with E-state index < -0.39 is 29.5 Å². The van der Waals surface area contributed by atoms with Crippen molar-refractivity contribution in [3.63, 3.8) is 0 Å². The van der Waals surface area contributed by atoms with Gasteiger partial charge in [0.2, 0.25) is 0 Å². The molecule has 0 radical (unpaired) electrons. The lowest BCUT2D eigenvalue weighted by atomic mass is 10.1. The number of benzene rings is 1. The number of nitrogens with zero attached hydrogens (tertiary/aromatic N) is 11. The molecule has 70 heavy (non-hydrogen) atoms. The summed E-state index contributed by atoms with van der Waals surface area (Å²) in [7, 11) is -8.59. The van der Waals surface area contributed by atoms with Crippen LogP contribution in [-0.2, 0) is 39.0 Å². The van der Waals surface area contributed by atoms with Crippen LogP contribution >= 0.6 is 0 Å². The molecule has 4 saturated heterocycles. The molecule has 6 aromatic heterocycles. The third-order valence-corrected chi connectivity index (χ3v) is 19.2. The van der Waals surface area contributed by atoms with Crippen LogP contribution in [0.1, 0.15) is 38.7 Å². The van der Waals surface area contributed by atoms with Crippen molar-refractivity contribution >= 4 is 74.8 Å². The minimum atomic E-state index is -3.87. The second kappa shape index (κ2) is 20.1. The van der Waals surface area contributed by atoms with Crippen molar-refractivity contribution in [2.75, 3.05) is 85.4 Å². The number of aryl methyl sites for hydroxylation is 1. The summed E-state index contributed by atoms with van der Waals surface area (Å²) >= 11 is 0. The standard InChI is InChI=1S/C28H32N6O4S2.C20H25N7O2S/c1-20-6-8-22(9-7-20)40(36,37)34-13-11-24-23(10-12-29-28(24)34)27-30-25(32-39(35)16-4-3-5-17-39)18-26(31-27)33-14-15-38-19-21(33)2;1-14-13-29-9-8-27(14)18-12-17(26-30(28)10-6-21-7-11-30)24-20(25-18)16-3-5-23-19-15(16)2-4-22-19/h6-13,18,21H,3-5,14-17,19H2,1-2H3;2-5,12,14,21H,6-11,13H2,1H3,(H,22,23)/t21-;14-/m11/s1. The number of anilines is 2. The molecule has 0 amide bonds. The molecule has 4 fully saturated rings. The Labute approximate surface area is 408 Å². The normalized spacial score (nSPS) is 20.4. The lowest BCUT2D eigenvalue weighted by molar-refractivity contribution is 0.0985. The van der Waals surface area contributed by atoms with Crippen LogP contribution in [0.15, 0.2) is 99.1 Å². The topological polar surface area (TPSA) is 228 Å². The van der Waals surface area contributed by atoms with Crippen LogP contribution in [0.2, 0.25) is 0 Å². The SMILES string of the molecule is C[C@@H]1COCCN1c1cc(N=S2(=O)CCNCC2)nc(-c2ccnc3[nH]ccc23)n1.Cc1ccc(S(=O)(=O)n2ccc3c(-c4nc(N=S5(=O)CCCCC5)cc(N5CCOC[C@H]5C)n4)ccnc32)cc1. The van der Waals surface area contributed by atoms with Crippen LogP contribution in [0.4, 0.5) is 23.3 Å². The quantitative estimate of drug-likeness (QED) is 0.166. The summed E-state index contributed by atoms with van der Waals surface area (Å²) in [6.45, 7) is 11.3. The van der Waals surface area contributed by atoms with E-state index in [1.54, 1.807) is 54.9 Å². The van der Waals surface area contributed by atoms with Gasteiger partial charge in [0.05, 0.1) is 62.9 Å². The molecule has 4 aliphatic rings. The van der Waals surface area contributed by atoms with Crippen molar-refractivity contribution in [3.8, 4) is 22.8 Å². The number of hydrogen-bond donors (Lipinski definition) is 2. The lowest BCUT2D eigenvalue weighted by Gasteiger charge is -2.34. The van der Waals surface area contributed by atoms with E-state index in [1.807, 2.05) is 31.3 Å². The van der Waals surface area contributed by atoms with Gasteiger partial charge in [-0.25, -0.2) is 50.7 Å². The first-order valence-corrected chi connectivity index (χ1v) is 28.8. The number of ether oxygens (including phenoxy) is 2. The molecular weight excluding hydrogens is 951 g/mol. The van der Waals surface area contributed by atoms with Crippen molar-refractivity contribution in [3.05, 3.63) is 91.0 Å². The Kier molecular flexibility index (Phi) is 13.7. The number of fused-ring (bicyclic) bond motifs is 2. The van der Waals surface area contributed by atoms with Gasteiger partial charge in [0.25, 0.3) is 10.0 Å². The number of aromatic nitrogens is 8. The average molecular weight is 1010 g/mol. The molecule has 2 atom stereocenters. The molecule has 7 aromatic rings. The lowest BCUT2D eigenvalue weighted by Crippen LogP contribution is -2.44. The van der Waals surface area contributed by atoms with Crippen molar-refractivity contribution in [2.45, 2.75) is 57.0 Å². The number of pyridine rings is 2. The molecule has 10 heterocycles. The zero-order valence-corrected chi connectivity index (χ0v) is 41.9. The predicted octanol–water partition coefficient (Wildman–Crippen LogP) is 6.49. The molecule has 0 saturated carbocycles. The van der Waals surface area contributed by atoms with Gasteiger partial charge < -0.3 is 29.6 Å². The number of aromatic amines is 1. The van der Waals surface area contributed by atoms with Crippen molar-refractivity contribution < 1.29 is 26.3 Å². The van der Waals surface area contributed by atoms with Crippen LogP contribution < -0.4 is 15.1 Å². The van der Waals surface area contributed by atoms with Crippen molar-refractivity contribution in [1.82, 2.24) is 44.2 Å². The summed E-state index contributed by atoms with van der Waals surface area (Å²) in [5.74, 6) is 5.45. The Morgan fingerprint density at radius 2 is 1.26 bits per heavy atom. The number of morpholine rings is 2. The maximum absolute atomic E-state index is 13.5. The molecule has 11 rings (SSSR count). The Balaban J connectivity index is 0.000000169. The third kappa shape index (κ3) is 10.2. The van der Waals surface area contributed by atoms with E-state index in [2.05, 4.69) is 48.3 Å². The largest absolute Gasteiger partial charge is 0.377 e. The van der Waals surface area contributed by atoms with Gasteiger partial charge in [-0.1, -0.05) is 24.1 Å². The highest BCUT2D eigenvalue weighted by Gasteiger charge is 2.27. The molecule has 0 unspecified atom stereocenters. The van der Waals surface area contributed by atoms with Gasteiger partial charge in [-0.2, -0.15) is 8.73 Å². The summed E-state index contributed by atoms with van der Waals surface area (Å²) < 4.78 is 75.5. The molecule has 19 nitrogen and oxygen atoms in total. The Hall–Kier alpha value is -5.91. The number of hydrogen-bond acceptors (Lipinski definition) is 17. The fraction of sp³-hybridized carbons (Fsp3) is 0.417. The van der Waals surface area contributed by atoms with Gasteiger partial charge in [0.15, 0.2) is 28.9 Å². The number of rotatable bonds is 8. The predicted molar refractivity (Wildman–Crippen MR) is 274 cm³/mol. The van der Waals surface area contributed by atoms with Crippen molar-refractivity contribution in [2.24, 2.45) is 8.73 Å². The first-order chi connectivity index (χ1) is 33.8. The molecule has 0 bridgehead atoms. The van der Waals surface area contributed by atoms with Crippen LogP contribution in [0.5, 0.6) is 0 Å². The summed E-state index contributed by atoms with van der Waals surface area (Å²) in [4.78, 5) is 35.7. The molecule has 22 heteroatoms. The molecular formula is C48H57N13O6S3. The van der Waals surface area contributed by atoms with E-state index in [9.17, 15) is 16.8 Å². The van der Waals surface area contributed by atoms with Crippen LogP contribution in [0.3, 0.4) is 0 Å². The molecule has 4 aliphatic heterocycles. The van der Waals surface area contributed by atoms with E-state index in [0.717, 1.165) is 53.8 Å². The molecule has 1 aromatic carbocycles. The number of nitrogens with one attached hydrogen (secondary N) is 2. The summed E-state index contributed by atoms with van der Waals surface area (Å²) in [6, 6.07) is 18.0. The Morgan fingerprint density at radius 1 is 0.686 bits per heavy atom. The summed E-state index contributed by atoms with van der Waals surface area (Å²) in [6.07, 6.45) is 9.51. The smallest absolute Gasteiger partial charge is 0.269 e. The van der Waals surface area contributed by atoms with Crippen LogP contribution in [0.25, 0.3) is 44.8 Å². The second-order valence-electron chi connectivity index (χ2n) is 18.0. The summed E-state index contributed by atoms with van der Waals surface area (Å²) in [5.41, 5.74) is 3.54. The van der Waals surface area contributed by atoms with E-state index in [0.29, 0.717) is 109 Å². The minimum absolute atomic E-state index is 0.0887. The van der Waals surface area contributed by atoms with Gasteiger partial charge in [-0.3, -0.25) is 0 Å². The third-order valence-electron chi connectivity index (χ3n) is 12.9. The van der Waals surface area contributed by atoms with Crippen molar-refractivity contribution in [1.29, 1.82) is 0 Å². The van der Waals surface area contributed by atoms with Gasteiger partial charge >= 0.3 is 0 Å². The molecule has 0 aliphatic carbocycles. The Bertz CT molecular complexity index is 3400. The zero-order chi connectivity index (χ0) is 48.5. The first kappa shape index (κ1) is 47.8. The average Bonchev–Trinajstić information content (AvgIpc) is 4.03. The zero-order valence-electron chi connectivity index (χ0n) is 39.4. The fourth-order valence-electron chi connectivity index (χ4n) is 9.14. The Morgan fingerprint density at radius 3 is 1.86 bits per heavy atom. The van der Waals surface area contributed by atoms with E-state index in [-0.39, 0.29) is 22.6 Å². The second-order valence-corrected chi connectivity index (χ2v) is 24.9. The van der Waals surface area contributed by atoms with Crippen LogP contribution in [0, 0.1) is 6.92 Å². The van der Waals surface area contributed by atoms with Gasteiger partial charge in [0.1, 0.15) is 17.3 Å². The maximum atomic E-state index is 13.5. The van der Waals surface area contributed by atoms with Gasteiger partial charge in [-0.05, 0) is 70.0 Å². The summed E-state index contributed by atoms with van der Waals surface area (Å²) in [5, 5.41) is 4.79. The highest BCUT2D eigenvalue weighted by molar-refractivity contribution is 7.94. The maximum Gasteiger partial charge on any atom is 0.269 e. The number of H-pyrrole nitrogens is 1. The molecule has 368 valence electrons. The monoisotopic (exact) mass is 1010 g/mol. The van der Waals surface area contributed by atoms with E-state index >= 15 is 0 Å². The molecule has 2 N–H and O–H groups in total. The fourth-order valence-corrected chi connectivity index (χ4v) is 14.3. The van der Waals surface area contributed by atoms with Crippen LogP contribution in [-0.4, -0.2) is 143 Å². The van der Waals surface area contributed by atoms with Gasteiger partial charge in [0, 0.05) is 108 Å². The highest BCUT2D eigenvalue weighted by atomic mass is 32.2. The molecule has 0 spiro atoms. The first-order valence-electron chi connectivity index (χ1n) is 23.7. The van der Waals surface area contributed by atoms with Gasteiger partial charge in [-0.15, -0.1) is 0 Å². The van der Waals surface area contributed by atoms with E-state index in [1.165, 1.54) is 10.2 Å². The minimum Gasteiger partial charge on any atom is -0.377 e. The highest BCUT2D eigenvalue weighted by Crippen LogP contribution is 2.34. The van der Waals surface area contributed by atoms with E-state index in [4.69, 9.17) is 33.8 Å².